The Balaban J connectivity index is 1.78. The standard InChI is InChI=1S/C14H15N3OS/c1-8-4-5-12-11(6-8)17-14(19-12)15-7-13-16-9(2)10(3)18-13/h4-6H,7H2,1-3H3,(H,15,17). The molecule has 1 aromatic carbocycles. The van der Waals surface area contributed by atoms with Gasteiger partial charge in [0.05, 0.1) is 22.5 Å². The van der Waals surface area contributed by atoms with E-state index in [1.54, 1.807) is 11.3 Å². The second kappa shape index (κ2) is 4.66. The van der Waals surface area contributed by atoms with Crippen LogP contribution in [0.4, 0.5) is 5.13 Å². The number of rotatable bonds is 3. The summed E-state index contributed by atoms with van der Waals surface area (Å²) in [5.74, 6) is 1.57. The molecule has 0 bridgehead atoms. The topological polar surface area (TPSA) is 51.0 Å². The molecule has 0 fully saturated rings. The highest BCUT2D eigenvalue weighted by atomic mass is 32.1. The molecule has 5 heteroatoms. The second-order valence-electron chi connectivity index (χ2n) is 4.59. The minimum atomic E-state index is 0.563. The molecular weight excluding hydrogens is 258 g/mol. The monoisotopic (exact) mass is 273 g/mol. The van der Waals surface area contributed by atoms with Crippen molar-refractivity contribution in [1.29, 1.82) is 0 Å². The number of thiazole rings is 1. The highest BCUT2D eigenvalue weighted by Gasteiger charge is 2.07. The SMILES string of the molecule is Cc1ccc2sc(NCc3nc(C)c(C)o3)nc2c1. The van der Waals surface area contributed by atoms with E-state index in [4.69, 9.17) is 4.42 Å². The third-order valence-electron chi connectivity index (χ3n) is 3.01. The van der Waals surface area contributed by atoms with Crippen molar-refractivity contribution in [3.8, 4) is 0 Å². The van der Waals surface area contributed by atoms with Crippen LogP contribution in [0.5, 0.6) is 0 Å². The summed E-state index contributed by atoms with van der Waals surface area (Å²) in [7, 11) is 0. The van der Waals surface area contributed by atoms with Gasteiger partial charge in [-0.2, -0.15) is 0 Å². The minimum Gasteiger partial charge on any atom is -0.444 e. The van der Waals surface area contributed by atoms with Gasteiger partial charge in [0.1, 0.15) is 5.76 Å². The van der Waals surface area contributed by atoms with Gasteiger partial charge in [0, 0.05) is 0 Å². The lowest BCUT2D eigenvalue weighted by Gasteiger charge is -1.96. The lowest BCUT2D eigenvalue weighted by molar-refractivity contribution is 0.478. The van der Waals surface area contributed by atoms with Crippen molar-refractivity contribution in [1.82, 2.24) is 9.97 Å². The predicted octanol–water partition coefficient (Wildman–Crippen LogP) is 3.82. The zero-order valence-corrected chi connectivity index (χ0v) is 12.0. The Morgan fingerprint density at radius 1 is 1.21 bits per heavy atom. The Bertz CT molecular complexity index is 710. The largest absolute Gasteiger partial charge is 0.444 e. The molecule has 0 amide bonds. The van der Waals surface area contributed by atoms with Gasteiger partial charge in [-0.3, -0.25) is 0 Å². The molecule has 1 N–H and O–H groups in total. The van der Waals surface area contributed by atoms with Crippen molar-refractivity contribution in [2.24, 2.45) is 0 Å². The van der Waals surface area contributed by atoms with Gasteiger partial charge in [0.2, 0.25) is 5.89 Å². The first kappa shape index (κ1) is 12.2. The number of aromatic nitrogens is 2. The predicted molar refractivity (Wildman–Crippen MR) is 77.7 cm³/mol. The van der Waals surface area contributed by atoms with Gasteiger partial charge in [-0.1, -0.05) is 17.4 Å². The maximum Gasteiger partial charge on any atom is 0.214 e. The summed E-state index contributed by atoms with van der Waals surface area (Å²) in [5.41, 5.74) is 3.20. The normalized spacial score (nSPS) is 11.1. The number of nitrogens with zero attached hydrogens (tertiary/aromatic N) is 2. The van der Waals surface area contributed by atoms with Crippen LogP contribution < -0.4 is 5.32 Å². The van der Waals surface area contributed by atoms with Crippen LogP contribution in [-0.4, -0.2) is 9.97 Å². The van der Waals surface area contributed by atoms with E-state index in [9.17, 15) is 0 Å². The van der Waals surface area contributed by atoms with Crippen molar-refractivity contribution < 1.29 is 4.42 Å². The van der Waals surface area contributed by atoms with E-state index in [2.05, 4.69) is 40.4 Å². The third kappa shape index (κ3) is 2.46. The summed E-state index contributed by atoms with van der Waals surface area (Å²) in [6.45, 7) is 6.51. The maximum atomic E-state index is 5.53. The molecule has 19 heavy (non-hydrogen) atoms. The van der Waals surface area contributed by atoms with E-state index in [0.29, 0.717) is 12.4 Å². The zero-order valence-electron chi connectivity index (χ0n) is 11.2. The molecule has 0 radical (unpaired) electrons. The van der Waals surface area contributed by atoms with Crippen molar-refractivity contribution in [2.75, 3.05) is 5.32 Å². The lowest BCUT2D eigenvalue weighted by Crippen LogP contribution is -1.98. The van der Waals surface area contributed by atoms with Crippen LogP contribution in [0.25, 0.3) is 10.2 Å². The van der Waals surface area contributed by atoms with E-state index in [0.717, 1.165) is 22.1 Å². The van der Waals surface area contributed by atoms with Gasteiger partial charge in [0.15, 0.2) is 5.13 Å². The van der Waals surface area contributed by atoms with Crippen LogP contribution >= 0.6 is 11.3 Å². The third-order valence-corrected chi connectivity index (χ3v) is 4.00. The molecule has 0 saturated carbocycles. The number of benzene rings is 1. The quantitative estimate of drug-likeness (QED) is 0.788. The van der Waals surface area contributed by atoms with Crippen molar-refractivity contribution in [3.63, 3.8) is 0 Å². The number of oxazole rings is 1. The summed E-state index contributed by atoms with van der Waals surface area (Å²) < 4.78 is 6.72. The maximum absolute atomic E-state index is 5.53. The number of hydrogen-bond donors (Lipinski definition) is 1. The molecule has 0 aliphatic heterocycles. The Labute approximate surface area is 115 Å². The Morgan fingerprint density at radius 2 is 2.05 bits per heavy atom. The van der Waals surface area contributed by atoms with Crippen molar-refractivity contribution in [2.45, 2.75) is 27.3 Å². The highest BCUT2D eigenvalue weighted by molar-refractivity contribution is 7.22. The van der Waals surface area contributed by atoms with Crippen molar-refractivity contribution >= 4 is 26.7 Å². The van der Waals surface area contributed by atoms with E-state index < -0.39 is 0 Å². The molecule has 0 aliphatic rings. The van der Waals surface area contributed by atoms with E-state index in [1.165, 1.54) is 10.3 Å². The molecular formula is C14H15N3OS. The number of aryl methyl sites for hydroxylation is 3. The van der Waals surface area contributed by atoms with Crippen LogP contribution in [0.3, 0.4) is 0 Å². The fraction of sp³-hybridized carbons (Fsp3) is 0.286. The summed E-state index contributed by atoms with van der Waals surface area (Å²) in [4.78, 5) is 8.90. The Morgan fingerprint density at radius 3 is 2.79 bits per heavy atom. The van der Waals surface area contributed by atoms with Gasteiger partial charge in [-0.25, -0.2) is 9.97 Å². The smallest absolute Gasteiger partial charge is 0.214 e. The molecule has 3 rings (SSSR count). The molecule has 0 saturated heterocycles. The van der Waals surface area contributed by atoms with Gasteiger partial charge in [-0.05, 0) is 38.5 Å². The first-order valence-electron chi connectivity index (χ1n) is 6.16. The summed E-state index contributed by atoms with van der Waals surface area (Å²) in [6.07, 6.45) is 0. The molecule has 0 spiro atoms. The molecule has 2 aromatic heterocycles. The minimum absolute atomic E-state index is 0.563. The Kier molecular flexibility index (Phi) is 2.98. The van der Waals surface area contributed by atoms with Crippen LogP contribution in [0, 0.1) is 20.8 Å². The lowest BCUT2D eigenvalue weighted by atomic mass is 10.2. The fourth-order valence-electron chi connectivity index (χ4n) is 1.88. The van der Waals surface area contributed by atoms with Crippen molar-refractivity contribution in [3.05, 3.63) is 41.1 Å². The molecule has 0 atom stereocenters. The van der Waals surface area contributed by atoms with Gasteiger partial charge in [-0.15, -0.1) is 0 Å². The molecule has 0 aliphatic carbocycles. The van der Waals surface area contributed by atoms with Crippen LogP contribution in [0.1, 0.15) is 22.9 Å². The van der Waals surface area contributed by atoms with E-state index >= 15 is 0 Å². The molecule has 98 valence electrons. The average Bonchev–Trinajstić information content (AvgIpc) is 2.90. The van der Waals surface area contributed by atoms with Gasteiger partial charge in [0.25, 0.3) is 0 Å². The van der Waals surface area contributed by atoms with Gasteiger partial charge < -0.3 is 9.73 Å². The second-order valence-corrected chi connectivity index (χ2v) is 5.62. The molecule has 4 nitrogen and oxygen atoms in total. The van der Waals surface area contributed by atoms with E-state index in [-0.39, 0.29) is 0 Å². The number of hydrogen-bond acceptors (Lipinski definition) is 5. The number of nitrogens with one attached hydrogen (secondary N) is 1. The first-order chi connectivity index (χ1) is 9.11. The number of anilines is 1. The highest BCUT2D eigenvalue weighted by Crippen LogP contribution is 2.26. The Hall–Kier alpha value is -1.88. The zero-order chi connectivity index (χ0) is 13.4. The molecule has 0 unspecified atom stereocenters. The van der Waals surface area contributed by atoms with Crippen LogP contribution in [0.2, 0.25) is 0 Å². The first-order valence-corrected chi connectivity index (χ1v) is 6.97. The molecule has 3 aromatic rings. The van der Waals surface area contributed by atoms with Gasteiger partial charge >= 0.3 is 0 Å². The summed E-state index contributed by atoms with van der Waals surface area (Å²) in [6, 6.07) is 6.30. The summed E-state index contributed by atoms with van der Waals surface area (Å²) >= 11 is 1.64. The van der Waals surface area contributed by atoms with E-state index in [1.807, 2.05) is 13.8 Å². The summed E-state index contributed by atoms with van der Waals surface area (Å²) in [5, 5.41) is 4.16. The molecule has 2 heterocycles. The van der Waals surface area contributed by atoms with Crippen LogP contribution in [0.15, 0.2) is 22.6 Å². The average molecular weight is 273 g/mol. The van der Waals surface area contributed by atoms with Crippen LogP contribution in [-0.2, 0) is 6.54 Å². The fourth-order valence-corrected chi connectivity index (χ4v) is 2.72. The number of fused-ring (bicyclic) bond motifs is 1.